The van der Waals surface area contributed by atoms with Crippen LogP contribution in [0.3, 0.4) is 0 Å². The number of hydrogen-bond acceptors (Lipinski definition) is 3. The van der Waals surface area contributed by atoms with Crippen molar-refractivity contribution in [3.63, 3.8) is 0 Å². The highest BCUT2D eigenvalue weighted by atomic mass is 79.9. The minimum absolute atomic E-state index is 0.109. The highest BCUT2D eigenvalue weighted by Gasteiger charge is 2.18. The molecule has 0 bridgehead atoms. The van der Waals surface area contributed by atoms with E-state index in [-0.39, 0.29) is 11.9 Å². The third-order valence-corrected chi connectivity index (χ3v) is 3.56. The zero-order chi connectivity index (χ0) is 13.8. The van der Waals surface area contributed by atoms with Crippen molar-refractivity contribution in [1.82, 2.24) is 20.3 Å². The third kappa shape index (κ3) is 3.19. The summed E-state index contributed by atoms with van der Waals surface area (Å²) in [6, 6.07) is 5.04. The van der Waals surface area contributed by atoms with Gasteiger partial charge in [-0.3, -0.25) is 4.68 Å². The maximum Gasteiger partial charge on any atom is 0.137 e. The van der Waals surface area contributed by atoms with Crippen LogP contribution in [-0.4, -0.2) is 21.5 Å². The van der Waals surface area contributed by atoms with Crippen molar-refractivity contribution in [1.29, 1.82) is 0 Å². The molecule has 0 radical (unpaired) electrons. The van der Waals surface area contributed by atoms with Gasteiger partial charge in [0.15, 0.2) is 0 Å². The van der Waals surface area contributed by atoms with Gasteiger partial charge in [-0.15, -0.1) is 5.10 Å². The molecule has 0 saturated carbocycles. The Morgan fingerprint density at radius 1 is 1.47 bits per heavy atom. The van der Waals surface area contributed by atoms with Crippen LogP contribution in [0.15, 0.2) is 28.9 Å². The molecule has 1 aromatic carbocycles. The second kappa shape index (κ2) is 6.25. The lowest BCUT2D eigenvalue weighted by Crippen LogP contribution is -2.25. The average Bonchev–Trinajstić information content (AvgIpc) is 2.80. The number of rotatable bonds is 5. The Morgan fingerprint density at radius 2 is 2.26 bits per heavy atom. The van der Waals surface area contributed by atoms with Crippen LogP contribution in [0, 0.1) is 5.82 Å². The lowest BCUT2D eigenvalue weighted by Gasteiger charge is -2.19. The Kier molecular flexibility index (Phi) is 4.66. The summed E-state index contributed by atoms with van der Waals surface area (Å²) in [6.45, 7) is 2.93. The summed E-state index contributed by atoms with van der Waals surface area (Å²) in [7, 11) is 1.83. The fourth-order valence-electron chi connectivity index (χ4n) is 1.93. The minimum atomic E-state index is -0.268. The first-order valence-corrected chi connectivity index (χ1v) is 6.95. The van der Waals surface area contributed by atoms with E-state index in [2.05, 4.69) is 38.5 Å². The normalized spacial score (nSPS) is 12.6. The molecule has 19 heavy (non-hydrogen) atoms. The SMILES string of the molecule is CCCNC(c1ccc(Br)c(F)c1)c1cnnn1C. The first kappa shape index (κ1) is 14.1. The number of benzene rings is 1. The van der Waals surface area contributed by atoms with Crippen molar-refractivity contribution in [3.05, 3.63) is 45.9 Å². The molecule has 102 valence electrons. The van der Waals surface area contributed by atoms with Crippen molar-refractivity contribution in [2.24, 2.45) is 7.05 Å². The van der Waals surface area contributed by atoms with Gasteiger partial charge in [0.2, 0.25) is 0 Å². The van der Waals surface area contributed by atoms with E-state index in [0.29, 0.717) is 4.47 Å². The predicted molar refractivity (Wildman–Crippen MR) is 75.2 cm³/mol. The van der Waals surface area contributed by atoms with Gasteiger partial charge in [0, 0.05) is 7.05 Å². The molecule has 0 aliphatic carbocycles. The molecule has 2 rings (SSSR count). The van der Waals surface area contributed by atoms with E-state index in [0.717, 1.165) is 24.2 Å². The van der Waals surface area contributed by atoms with Crippen molar-refractivity contribution in [2.75, 3.05) is 6.54 Å². The molecule has 0 amide bonds. The molecule has 2 aromatic rings. The number of aromatic nitrogens is 3. The van der Waals surface area contributed by atoms with E-state index in [1.165, 1.54) is 6.07 Å². The van der Waals surface area contributed by atoms with Gasteiger partial charge in [-0.1, -0.05) is 18.2 Å². The summed E-state index contributed by atoms with van der Waals surface area (Å²) in [6.07, 6.45) is 2.70. The zero-order valence-corrected chi connectivity index (χ0v) is 12.5. The van der Waals surface area contributed by atoms with E-state index >= 15 is 0 Å². The van der Waals surface area contributed by atoms with Crippen LogP contribution in [-0.2, 0) is 7.05 Å². The lowest BCUT2D eigenvalue weighted by molar-refractivity contribution is 0.545. The summed E-state index contributed by atoms with van der Waals surface area (Å²) in [5.41, 5.74) is 1.77. The van der Waals surface area contributed by atoms with Gasteiger partial charge in [0.25, 0.3) is 0 Å². The molecule has 1 heterocycles. The molecule has 1 aromatic heterocycles. The highest BCUT2D eigenvalue weighted by Crippen LogP contribution is 2.25. The first-order chi connectivity index (χ1) is 9.13. The Balaban J connectivity index is 2.37. The second-order valence-corrected chi connectivity index (χ2v) is 5.20. The van der Waals surface area contributed by atoms with Gasteiger partial charge >= 0.3 is 0 Å². The van der Waals surface area contributed by atoms with Crippen LogP contribution >= 0.6 is 15.9 Å². The Morgan fingerprint density at radius 3 is 2.84 bits per heavy atom. The lowest BCUT2D eigenvalue weighted by atomic mass is 10.0. The molecule has 0 spiro atoms. The predicted octanol–water partition coefficient (Wildman–Crippen LogP) is 2.81. The quantitative estimate of drug-likeness (QED) is 0.918. The van der Waals surface area contributed by atoms with Crippen LogP contribution < -0.4 is 5.32 Å². The third-order valence-electron chi connectivity index (χ3n) is 2.92. The molecule has 0 fully saturated rings. The Bertz CT molecular complexity index is 555. The van der Waals surface area contributed by atoms with Gasteiger partial charge in [-0.05, 0) is 46.6 Å². The fourth-order valence-corrected chi connectivity index (χ4v) is 2.18. The minimum Gasteiger partial charge on any atom is -0.305 e. The summed E-state index contributed by atoms with van der Waals surface area (Å²) >= 11 is 3.17. The van der Waals surface area contributed by atoms with Gasteiger partial charge in [0.1, 0.15) is 5.82 Å². The number of hydrogen-bond donors (Lipinski definition) is 1. The maximum absolute atomic E-state index is 13.7. The molecule has 1 N–H and O–H groups in total. The summed E-state index contributed by atoms with van der Waals surface area (Å²) in [5.74, 6) is -0.268. The van der Waals surface area contributed by atoms with Crippen LogP contribution in [0.2, 0.25) is 0 Å². The zero-order valence-electron chi connectivity index (χ0n) is 10.9. The summed E-state index contributed by atoms with van der Waals surface area (Å²) in [4.78, 5) is 0. The van der Waals surface area contributed by atoms with Gasteiger partial charge in [0.05, 0.1) is 22.4 Å². The number of halogens is 2. The molecule has 0 aliphatic rings. The molecular weight excluding hydrogens is 311 g/mol. The Hall–Kier alpha value is -1.27. The van der Waals surface area contributed by atoms with E-state index < -0.39 is 0 Å². The second-order valence-electron chi connectivity index (χ2n) is 4.34. The molecular formula is C13H16BrFN4. The van der Waals surface area contributed by atoms with Crippen LogP contribution in [0.4, 0.5) is 4.39 Å². The summed E-state index contributed by atoms with van der Waals surface area (Å²) < 4.78 is 15.9. The van der Waals surface area contributed by atoms with Crippen molar-refractivity contribution in [2.45, 2.75) is 19.4 Å². The molecule has 1 atom stereocenters. The first-order valence-electron chi connectivity index (χ1n) is 6.16. The van der Waals surface area contributed by atoms with Crippen LogP contribution in [0.25, 0.3) is 0 Å². The fraction of sp³-hybridized carbons (Fsp3) is 0.385. The number of nitrogens with zero attached hydrogens (tertiary/aromatic N) is 3. The van der Waals surface area contributed by atoms with Crippen LogP contribution in [0.5, 0.6) is 0 Å². The summed E-state index contributed by atoms with van der Waals surface area (Å²) in [5, 5.41) is 11.2. The smallest absolute Gasteiger partial charge is 0.137 e. The van der Waals surface area contributed by atoms with E-state index in [4.69, 9.17) is 0 Å². The van der Waals surface area contributed by atoms with Crippen molar-refractivity contribution >= 4 is 15.9 Å². The monoisotopic (exact) mass is 326 g/mol. The number of nitrogens with one attached hydrogen (secondary N) is 1. The molecule has 0 aliphatic heterocycles. The maximum atomic E-state index is 13.7. The average molecular weight is 327 g/mol. The van der Waals surface area contributed by atoms with Crippen molar-refractivity contribution < 1.29 is 4.39 Å². The molecule has 4 nitrogen and oxygen atoms in total. The van der Waals surface area contributed by atoms with Gasteiger partial charge in [-0.25, -0.2) is 4.39 Å². The van der Waals surface area contributed by atoms with E-state index in [1.54, 1.807) is 16.9 Å². The van der Waals surface area contributed by atoms with Crippen molar-refractivity contribution in [3.8, 4) is 0 Å². The molecule has 6 heteroatoms. The van der Waals surface area contributed by atoms with Gasteiger partial charge in [-0.2, -0.15) is 0 Å². The Labute approximate surface area is 120 Å². The standard InChI is InChI=1S/C13H16BrFN4/c1-3-6-16-13(12-8-17-18-19(12)2)9-4-5-10(14)11(15)7-9/h4-5,7-8,13,16H,3,6H2,1-2H3. The van der Waals surface area contributed by atoms with Gasteiger partial charge < -0.3 is 5.32 Å². The van der Waals surface area contributed by atoms with E-state index in [1.807, 2.05) is 13.1 Å². The largest absolute Gasteiger partial charge is 0.305 e. The highest BCUT2D eigenvalue weighted by molar-refractivity contribution is 9.10. The number of aryl methyl sites for hydroxylation is 1. The van der Waals surface area contributed by atoms with Crippen LogP contribution in [0.1, 0.15) is 30.6 Å². The molecule has 0 saturated heterocycles. The molecule has 1 unspecified atom stereocenters. The topological polar surface area (TPSA) is 42.7 Å². The van der Waals surface area contributed by atoms with E-state index in [9.17, 15) is 4.39 Å².